The van der Waals surface area contributed by atoms with E-state index in [4.69, 9.17) is 4.74 Å². The highest BCUT2D eigenvalue weighted by molar-refractivity contribution is 5.21. The minimum atomic E-state index is -4.41. The number of rotatable bonds is 4. The van der Waals surface area contributed by atoms with E-state index in [0.29, 0.717) is 37.5 Å². The first kappa shape index (κ1) is 14.3. The molecule has 0 aromatic carbocycles. The molecule has 1 atom stereocenters. The fourth-order valence-corrected chi connectivity index (χ4v) is 2.43. The number of imidazole rings is 1. The smallest absolute Gasteiger partial charge is 0.384 e. The van der Waals surface area contributed by atoms with Crippen LogP contribution in [0.4, 0.5) is 13.2 Å². The van der Waals surface area contributed by atoms with Gasteiger partial charge in [0.25, 0.3) is 0 Å². The summed E-state index contributed by atoms with van der Waals surface area (Å²) in [6.07, 6.45) is -3.83. The van der Waals surface area contributed by atoms with E-state index < -0.39 is 12.0 Å². The zero-order valence-corrected chi connectivity index (χ0v) is 11.0. The van der Waals surface area contributed by atoms with Crippen molar-refractivity contribution in [2.45, 2.75) is 32.6 Å². The molecule has 0 aliphatic carbocycles. The SMILES string of the molecule is COCC(C)Cn1c(C(F)(F)F)nc2c1CCNC2. The maximum Gasteiger partial charge on any atom is 0.449 e. The van der Waals surface area contributed by atoms with Crippen molar-refractivity contribution in [3.8, 4) is 0 Å². The van der Waals surface area contributed by atoms with Crippen molar-refractivity contribution in [1.29, 1.82) is 0 Å². The molecule has 0 saturated heterocycles. The lowest BCUT2D eigenvalue weighted by Gasteiger charge is -2.19. The zero-order valence-electron chi connectivity index (χ0n) is 11.0. The maximum absolute atomic E-state index is 13.0. The molecule has 4 nitrogen and oxygen atoms in total. The molecular weight excluding hydrogens is 259 g/mol. The molecule has 0 saturated carbocycles. The Hall–Kier alpha value is -1.08. The van der Waals surface area contributed by atoms with Crippen LogP contribution in [-0.4, -0.2) is 29.8 Å². The zero-order chi connectivity index (χ0) is 14.0. The first-order valence-corrected chi connectivity index (χ1v) is 6.28. The standard InChI is InChI=1S/C12H18F3N3O/c1-8(7-19-2)6-18-10-3-4-16-5-9(10)17-11(18)12(13,14)15/h8,16H,3-7H2,1-2H3. The van der Waals surface area contributed by atoms with Gasteiger partial charge in [0.15, 0.2) is 0 Å². The van der Waals surface area contributed by atoms with Crippen molar-refractivity contribution >= 4 is 0 Å². The van der Waals surface area contributed by atoms with Crippen LogP contribution < -0.4 is 5.32 Å². The third-order valence-corrected chi connectivity index (χ3v) is 3.19. The molecule has 19 heavy (non-hydrogen) atoms. The maximum atomic E-state index is 13.0. The fourth-order valence-electron chi connectivity index (χ4n) is 2.43. The van der Waals surface area contributed by atoms with Gasteiger partial charge in [-0.25, -0.2) is 4.98 Å². The molecule has 0 bridgehead atoms. The van der Waals surface area contributed by atoms with Crippen molar-refractivity contribution in [1.82, 2.24) is 14.9 Å². The van der Waals surface area contributed by atoms with Gasteiger partial charge >= 0.3 is 6.18 Å². The van der Waals surface area contributed by atoms with E-state index in [-0.39, 0.29) is 12.5 Å². The van der Waals surface area contributed by atoms with E-state index in [1.807, 2.05) is 6.92 Å². The summed E-state index contributed by atoms with van der Waals surface area (Å²) in [5.74, 6) is -0.775. The summed E-state index contributed by atoms with van der Waals surface area (Å²) in [6.45, 7) is 3.68. The molecule has 0 radical (unpaired) electrons. The van der Waals surface area contributed by atoms with Crippen LogP contribution in [0, 0.1) is 5.92 Å². The minimum Gasteiger partial charge on any atom is -0.384 e. The summed E-state index contributed by atoms with van der Waals surface area (Å²) in [5, 5.41) is 3.04. The summed E-state index contributed by atoms with van der Waals surface area (Å²) < 4.78 is 45.4. The van der Waals surface area contributed by atoms with E-state index in [1.165, 1.54) is 4.57 Å². The van der Waals surface area contributed by atoms with Gasteiger partial charge in [-0.2, -0.15) is 13.2 Å². The van der Waals surface area contributed by atoms with E-state index >= 15 is 0 Å². The number of fused-ring (bicyclic) bond motifs is 1. The second-order valence-electron chi connectivity index (χ2n) is 4.92. The Labute approximate surface area is 110 Å². The number of ether oxygens (including phenoxy) is 1. The highest BCUT2D eigenvalue weighted by Gasteiger charge is 2.39. The van der Waals surface area contributed by atoms with Gasteiger partial charge in [0.05, 0.1) is 12.3 Å². The molecule has 2 heterocycles. The Morgan fingerprint density at radius 3 is 2.84 bits per heavy atom. The molecule has 0 amide bonds. The first-order valence-electron chi connectivity index (χ1n) is 6.28. The first-order chi connectivity index (χ1) is 8.93. The van der Waals surface area contributed by atoms with E-state index in [2.05, 4.69) is 10.3 Å². The highest BCUT2D eigenvalue weighted by Crippen LogP contribution is 2.31. The number of aromatic nitrogens is 2. The number of methoxy groups -OCH3 is 1. The number of alkyl halides is 3. The molecule has 0 spiro atoms. The number of halogens is 3. The van der Waals surface area contributed by atoms with Crippen LogP contribution in [0.1, 0.15) is 24.1 Å². The quantitative estimate of drug-likeness (QED) is 0.912. The Morgan fingerprint density at radius 2 is 2.21 bits per heavy atom. The molecule has 1 aromatic heterocycles. The third kappa shape index (κ3) is 3.09. The Kier molecular flexibility index (Phi) is 4.15. The number of nitrogens with one attached hydrogen (secondary N) is 1. The van der Waals surface area contributed by atoms with Crippen molar-refractivity contribution in [3.63, 3.8) is 0 Å². The predicted molar refractivity (Wildman–Crippen MR) is 63.7 cm³/mol. The number of nitrogens with zero attached hydrogens (tertiary/aromatic N) is 2. The largest absolute Gasteiger partial charge is 0.449 e. The Balaban J connectivity index is 2.35. The topological polar surface area (TPSA) is 39.1 Å². The average molecular weight is 277 g/mol. The monoisotopic (exact) mass is 277 g/mol. The summed E-state index contributed by atoms with van der Waals surface area (Å²) in [6, 6.07) is 0. The summed E-state index contributed by atoms with van der Waals surface area (Å²) in [7, 11) is 1.55. The molecular formula is C12H18F3N3O. The van der Waals surface area contributed by atoms with Gasteiger partial charge in [0, 0.05) is 38.9 Å². The number of hydrogen-bond donors (Lipinski definition) is 1. The average Bonchev–Trinajstić information content (AvgIpc) is 2.69. The van der Waals surface area contributed by atoms with Gasteiger partial charge in [0.2, 0.25) is 5.82 Å². The van der Waals surface area contributed by atoms with Crippen molar-refractivity contribution in [2.24, 2.45) is 5.92 Å². The molecule has 1 aliphatic rings. The molecule has 2 rings (SSSR count). The fraction of sp³-hybridized carbons (Fsp3) is 0.750. The predicted octanol–water partition coefficient (Wildman–Crippen LogP) is 1.83. The second-order valence-corrected chi connectivity index (χ2v) is 4.92. The molecule has 1 aromatic rings. The molecule has 1 unspecified atom stereocenters. The molecule has 0 fully saturated rings. The van der Waals surface area contributed by atoms with Crippen LogP contribution in [0.15, 0.2) is 0 Å². The number of hydrogen-bond acceptors (Lipinski definition) is 3. The van der Waals surface area contributed by atoms with Gasteiger partial charge in [0.1, 0.15) is 0 Å². The van der Waals surface area contributed by atoms with Crippen LogP contribution in [0.25, 0.3) is 0 Å². The normalized spacial score (nSPS) is 17.3. The van der Waals surface area contributed by atoms with Gasteiger partial charge in [-0.1, -0.05) is 6.92 Å². The Morgan fingerprint density at radius 1 is 1.47 bits per heavy atom. The van der Waals surface area contributed by atoms with E-state index in [9.17, 15) is 13.2 Å². The van der Waals surface area contributed by atoms with Crippen molar-refractivity contribution in [3.05, 3.63) is 17.2 Å². The van der Waals surface area contributed by atoms with Crippen molar-refractivity contribution < 1.29 is 17.9 Å². The molecule has 108 valence electrons. The van der Waals surface area contributed by atoms with Crippen LogP contribution in [0.3, 0.4) is 0 Å². The second kappa shape index (κ2) is 5.50. The van der Waals surface area contributed by atoms with E-state index in [1.54, 1.807) is 7.11 Å². The lowest BCUT2D eigenvalue weighted by atomic mass is 10.1. The van der Waals surface area contributed by atoms with Gasteiger partial charge in [-0.15, -0.1) is 0 Å². The van der Waals surface area contributed by atoms with Gasteiger partial charge in [-0.05, 0) is 5.92 Å². The third-order valence-electron chi connectivity index (χ3n) is 3.19. The van der Waals surface area contributed by atoms with Crippen LogP contribution >= 0.6 is 0 Å². The molecule has 1 N–H and O–H groups in total. The van der Waals surface area contributed by atoms with Gasteiger partial charge in [-0.3, -0.25) is 0 Å². The Bertz CT molecular complexity index is 442. The molecule has 7 heteroatoms. The summed E-state index contributed by atoms with van der Waals surface area (Å²) >= 11 is 0. The van der Waals surface area contributed by atoms with Crippen LogP contribution in [-0.2, 0) is 30.4 Å². The molecule has 1 aliphatic heterocycles. The summed E-state index contributed by atoms with van der Waals surface area (Å²) in [5.41, 5.74) is 1.22. The van der Waals surface area contributed by atoms with Gasteiger partial charge < -0.3 is 14.6 Å². The highest BCUT2D eigenvalue weighted by atomic mass is 19.4. The lowest BCUT2D eigenvalue weighted by molar-refractivity contribution is -0.147. The summed E-state index contributed by atoms with van der Waals surface area (Å²) in [4.78, 5) is 3.77. The lowest BCUT2D eigenvalue weighted by Crippen LogP contribution is -2.26. The van der Waals surface area contributed by atoms with Crippen LogP contribution in [0.5, 0.6) is 0 Å². The van der Waals surface area contributed by atoms with Crippen LogP contribution in [0.2, 0.25) is 0 Å². The van der Waals surface area contributed by atoms with Crippen molar-refractivity contribution in [2.75, 3.05) is 20.3 Å². The van der Waals surface area contributed by atoms with E-state index in [0.717, 1.165) is 0 Å². The minimum absolute atomic E-state index is 0.0132.